The maximum atomic E-state index is 11.9. The van der Waals surface area contributed by atoms with Gasteiger partial charge in [-0.25, -0.2) is 0 Å². The van der Waals surface area contributed by atoms with E-state index in [1.165, 1.54) is 25.7 Å². The Morgan fingerprint density at radius 1 is 1.39 bits per heavy atom. The summed E-state index contributed by atoms with van der Waals surface area (Å²) in [5, 5.41) is 3.04. The summed E-state index contributed by atoms with van der Waals surface area (Å²) in [4.78, 5) is 11.9. The van der Waals surface area contributed by atoms with Crippen LogP contribution in [0.2, 0.25) is 0 Å². The highest BCUT2D eigenvalue weighted by Crippen LogP contribution is 2.40. The molecule has 4 heteroatoms. The highest BCUT2D eigenvalue weighted by Gasteiger charge is 2.34. The summed E-state index contributed by atoms with van der Waals surface area (Å²) >= 11 is 0. The Morgan fingerprint density at radius 2 is 2.00 bits per heavy atom. The van der Waals surface area contributed by atoms with Gasteiger partial charge in [0.05, 0.1) is 6.04 Å². The molecule has 106 valence electrons. The number of rotatable bonds is 7. The molecule has 0 spiro atoms. The third-order valence-electron chi connectivity index (χ3n) is 4.16. The highest BCUT2D eigenvalue weighted by atomic mass is 16.5. The molecule has 0 saturated heterocycles. The molecule has 1 saturated carbocycles. The van der Waals surface area contributed by atoms with Gasteiger partial charge >= 0.3 is 0 Å². The molecular formula is C14H28N2O2. The van der Waals surface area contributed by atoms with Crippen molar-refractivity contribution in [3.05, 3.63) is 0 Å². The van der Waals surface area contributed by atoms with Crippen LogP contribution in [0, 0.1) is 11.3 Å². The van der Waals surface area contributed by atoms with Gasteiger partial charge in [0.15, 0.2) is 0 Å². The van der Waals surface area contributed by atoms with E-state index in [1.54, 1.807) is 7.11 Å². The number of nitrogens with two attached hydrogens (primary N) is 1. The van der Waals surface area contributed by atoms with Crippen molar-refractivity contribution in [2.24, 2.45) is 17.1 Å². The molecular weight excluding hydrogens is 228 g/mol. The number of ether oxygens (including phenoxy) is 1. The Kier molecular flexibility index (Phi) is 6.09. The zero-order valence-corrected chi connectivity index (χ0v) is 12.0. The van der Waals surface area contributed by atoms with Crippen molar-refractivity contribution >= 4 is 5.91 Å². The molecule has 18 heavy (non-hydrogen) atoms. The van der Waals surface area contributed by atoms with Gasteiger partial charge in [-0.05, 0) is 30.6 Å². The molecule has 1 rings (SSSR count). The molecule has 1 fully saturated rings. The molecule has 1 amide bonds. The monoisotopic (exact) mass is 256 g/mol. The molecule has 0 radical (unpaired) electrons. The SMILES string of the molecule is COCCC1(CNC(=O)[C@@H](N)C(C)C)CCCC1. The summed E-state index contributed by atoms with van der Waals surface area (Å²) in [5.41, 5.74) is 6.09. The summed E-state index contributed by atoms with van der Waals surface area (Å²) in [6.07, 6.45) is 5.92. The van der Waals surface area contributed by atoms with Crippen LogP contribution in [0.25, 0.3) is 0 Å². The lowest BCUT2D eigenvalue weighted by Crippen LogP contribution is -2.47. The molecule has 0 aromatic carbocycles. The smallest absolute Gasteiger partial charge is 0.237 e. The second kappa shape index (κ2) is 7.10. The van der Waals surface area contributed by atoms with E-state index in [4.69, 9.17) is 10.5 Å². The quantitative estimate of drug-likeness (QED) is 0.728. The minimum atomic E-state index is -0.397. The lowest BCUT2D eigenvalue weighted by atomic mass is 9.82. The van der Waals surface area contributed by atoms with Gasteiger partial charge in [0.25, 0.3) is 0 Å². The Bertz CT molecular complexity index is 261. The van der Waals surface area contributed by atoms with E-state index in [2.05, 4.69) is 5.32 Å². The van der Waals surface area contributed by atoms with Gasteiger partial charge in [0.1, 0.15) is 0 Å². The molecule has 1 aliphatic rings. The van der Waals surface area contributed by atoms with Crippen molar-refractivity contribution in [2.45, 2.75) is 52.0 Å². The second-order valence-corrected chi connectivity index (χ2v) is 5.94. The minimum Gasteiger partial charge on any atom is -0.385 e. The third-order valence-corrected chi connectivity index (χ3v) is 4.16. The van der Waals surface area contributed by atoms with E-state index in [1.807, 2.05) is 13.8 Å². The van der Waals surface area contributed by atoms with Crippen molar-refractivity contribution in [1.29, 1.82) is 0 Å². The van der Waals surface area contributed by atoms with Gasteiger partial charge in [-0.2, -0.15) is 0 Å². The molecule has 4 nitrogen and oxygen atoms in total. The van der Waals surface area contributed by atoms with Crippen LogP contribution in [-0.2, 0) is 9.53 Å². The number of nitrogens with one attached hydrogen (secondary N) is 1. The van der Waals surface area contributed by atoms with Crippen molar-refractivity contribution in [3.63, 3.8) is 0 Å². The summed E-state index contributed by atoms with van der Waals surface area (Å²) in [6, 6.07) is -0.397. The Hall–Kier alpha value is -0.610. The number of amides is 1. The van der Waals surface area contributed by atoms with Crippen molar-refractivity contribution in [2.75, 3.05) is 20.3 Å². The van der Waals surface area contributed by atoms with Gasteiger partial charge in [-0.3, -0.25) is 4.79 Å². The summed E-state index contributed by atoms with van der Waals surface area (Å²) in [5.74, 6) is 0.164. The molecule has 0 heterocycles. The van der Waals surface area contributed by atoms with Crippen LogP contribution in [0.4, 0.5) is 0 Å². The first kappa shape index (κ1) is 15.4. The first-order valence-electron chi connectivity index (χ1n) is 7.03. The lowest BCUT2D eigenvalue weighted by molar-refractivity contribution is -0.123. The summed E-state index contributed by atoms with van der Waals surface area (Å²) < 4.78 is 5.18. The fourth-order valence-electron chi connectivity index (χ4n) is 2.65. The molecule has 1 atom stereocenters. The highest BCUT2D eigenvalue weighted by molar-refractivity contribution is 5.81. The Labute approximate surface area is 111 Å². The van der Waals surface area contributed by atoms with Crippen LogP contribution < -0.4 is 11.1 Å². The normalized spacial score (nSPS) is 20.1. The van der Waals surface area contributed by atoms with E-state index < -0.39 is 6.04 Å². The summed E-state index contributed by atoms with van der Waals surface area (Å²) in [6.45, 7) is 5.46. The van der Waals surface area contributed by atoms with E-state index >= 15 is 0 Å². The second-order valence-electron chi connectivity index (χ2n) is 5.94. The van der Waals surface area contributed by atoms with Gasteiger partial charge in [0.2, 0.25) is 5.91 Å². The number of hydrogen-bond acceptors (Lipinski definition) is 3. The molecule has 0 bridgehead atoms. The average molecular weight is 256 g/mol. The van der Waals surface area contributed by atoms with E-state index in [-0.39, 0.29) is 17.2 Å². The van der Waals surface area contributed by atoms with Crippen LogP contribution in [0.5, 0.6) is 0 Å². The maximum Gasteiger partial charge on any atom is 0.237 e. The van der Waals surface area contributed by atoms with Crippen LogP contribution in [0.1, 0.15) is 46.0 Å². The van der Waals surface area contributed by atoms with Crippen LogP contribution in [0.3, 0.4) is 0 Å². The van der Waals surface area contributed by atoms with E-state index in [9.17, 15) is 4.79 Å². The minimum absolute atomic E-state index is 0.0197. The number of carbonyl (C=O) groups excluding carboxylic acids is 1. The molecule has 1 aliphatic carbocycles. The van der Waals surface area contributed by atoms with Gasteiger partial charge in [0, 0.05) is 20.3 Å². The van der Waals surface area contributed by atoms with Crippen molar-refractivity contribution < 1.29 is 9.53 Å². The predicted molar refractivity (Wildman–Crippen MR) is 73.2 cm³/mol. The van der Waals surface area contributed by atoms with Crippen molar-refractivity contribution in [3.8, 4) is 0 Å². The Morgan fingerprint density at radius 3 is 2.50 bits per heavy atom. The number of methoxy groups -OCH3 is 1. The summed E-state index contributed by atoms with van der Waals surface area (Å²) in [7, 11) is 1.73. The predicted octanol–water partition coefficient (Wildman–Crippen LogP) is 1.68. The standard InChI is InChI=1S/C14H28N2O2/c1-11(2)12(15)13(17)16-10-14(8-9-18-3)6-4-5-7-14/h11-12H,4-10,15H2,1-3H3,(H,16,17)/t12-/m0/s1. The van der Waals surface area contributed by atoms with Crippen molar-refractivity contribution in [1.82, 2.24) is 5.32 Å². The van der Waals surface area contributed by atoms with E-state index in [0.29, 0.717) is 0 Å². The zero-order valence-electron chi connectivity index (χ0n) is 12.0. The third kappa shape index (κ3) is 4.25. The largest absolute Gasteiger partial charge is 0.385 e. The molecule has 0 aromatic heterocycles. The fraction of sp³-hybridized carbons (Fsp3) is 0.929. The molecule has 0 aliphatic heterocycles. The lowest BCUT2D eigenvalue weighted by Gasteiger charge is -2.30. The molecule has 0 aromatic rings. The van der Waals surface area contributed by atoms with E-state index in [0.717, 1.165) is 19.6 Å². The molecule has 0 unspecified atom stereocenters. The van der Waals surface area contributed by atoms with Crippen LogP contribution in [-0.4, -0.2) is 32.2 Å². The van der Waals surface area contributed by atoms with Gasteiger partial charge in [-0.15, -0.1) is 0 Å². The van der Waals surface area contributed by atoms with Gasteiger partial charge < -0.3 is 15.8 Å². The Balaban J connectivity index is 2.45. The zero-order chi connectivity index (χ0) is 13.6. The fourth-order valence-corrected chi connectivity index (χ4v) is 2.65. The van der Waals surface area contributed by atoms with Gasteiger partial charge in [-0.1, -0.05) is 26.7 Å². The van der Waals surface area contributed by atoms with Crippen LogP contribution in [0.15, 0.2) is 0 Å². The number of hydrogen-bond donors (Lipinski definition) is 2. The van der Waals surface area contributed by atoms with Crippen LogP contribution >= 0.6 is 0 Å². The molecule has 3 N–H and O–H groups in total. The maximum absolute atomic E-state index is 11.9. The topological polar surface area (TPSA) is 64.3 Å². The average Bonchev–Trinajstić information content (AvgIpc) is 2.82. The number of carbonyl (C=O) groups is 1. The first-order valence-corrected chi connectivity index (χ1v) is 7.03. The first-order chi connectivity index (χ1) is 8.51.